The van der Waals surface area contributed by atoms with E-state index >= 15 is 0 Å². The van der Waals surface area contributed by atoms with Crippen LogP contribution in [-0.4, -0.2) is 16.0 Å². The lowest BCUT2D eigenvalue weighted by molar-refractivity contribution is 0.316. The summed E-state index contributed by atoms with van der Waals surface area (Å²) in [4.78, 5) is 8.26. The average Bonchev–Trinajstić information content (AvgIpc) is 2.34. The number of hydrogen-bond acceptors (Lipinski definition) is 3. The molecule has 2 unspecified atom stereocenters. The molecule has 0 aliphatic heterocycles. The molecule has 94 valence electrons. The smallest absolute Gasteiger partial charge is 0.224 e. The first-order valence-electron chi connectivity index (χ1n) is 6.46. The number of halogens is 1. The maximum Gasteiger partial charge on any atom is 0.224 e. The van der Waals surface area contributed by atoms with Gasteiger partial charge < -0.3 is 5.32 Å². The minimum Gasteiger partial charge on any atom is -0.367 e. The van der Waals surface area contributed by atoms with Crippen LogP contribution in [0.15, 0.2) is 6.20 Å². The third-order valence-electron chi connectivity index (χ3n) is 3.70. The maximum absolute atomic E-state index is 5.84. The van der Waals surface area contributed by atoms with E-state index in [9.17, 15) is 0 Å². The van der Waals surface area contributed by atoms with E-state index < -0.39 is 0 Å². The van der Waals surface area contributed by atoms with Gasteiger partial charge in [0.05, 0.1) is 0 Å². The third-order valence-corrected chi connectivity index (χ3v) is 3.88. The molecule has 0 saturated heterocycles. The van der Waals surface area contributed by atoms with Crippen LogP contribution >= 0.6 is 11.6 Å². The third kappa shape index (κ3) is 3.09. The van der Waals surface area contributed by atoms with Crippen molar-refractivity contribution in [3.63, 3.8) is 0 Å². The van der Waals surface area contributed by atoms with Gasteiger partial charge in [-0.1, -0.05) is 26.2 Å². The first-order chi connectivity index (χ1) is 8.20. The molecular formula is C13H20ClN3. The molecule has 4 heteroatoms. The van der Waals surface area contributed by atoms with E-state index in [0.29, 0.717) is 11.3 Å². The average molecular weight is 254 g/mol. The minimum atomic E-state index is 0.321. The first kappa shape index (κ1) is 12.6. The molecular weight excluding hydrogens is 234 g/mol. The van der Waals surface area contributed by atoms with Crippen LogP contribution in [0, 0.1) is 12.8 Å². The Hall–Kier alpha value is -0.830. The lowest BCUT2D eigenvalue weighted by Crippen LogP contribution is -2.32. The highest BCUT2D eigenvalue weighted by Gasteiger charge is 2.24. The van der Waals surface area contributed by atoms with Crippen molar-refractivity contribution in [2.75, 3.05) is 5.32 Å². The fraction of sp³-hybridized carbons (Fsp3) is 0.692. The molecule has 17 heavy (non-hydrogen) atoms. The molecule has 2 rings (SSSR count). The number of anilines is 1. The highest BCUT2D eigenvalue weighted by atomic mass is 35.5. The summed E-state index contributed by atoms with van der Waals surface area (Å²) in [7, 11) is 0. The van der Waals surface area contributed by atoms with E-state index in [0.717, 1.165) is 17.3 Å². The lowest BCUT2D eigenvalue weighted by Gasteiger charge is -2.32. The van der Waals surface area contributed by atoms with Crippen LogP contribution in [0.25, 0.3) is 0 Å². The molecule has 1 heterocycles. The zero-order valence-corrected chi connectivity index (χ0v) is 11.3. The van der Waals surface area contributed by atoms with Crippen LogP contribution < -0.4 is 5.32 Å². The van der Waals surface area contributed by atoms with E-state index in [1.165, 1.54) is 32.1 Å². The van der Waals surface area contributed by atoms with Crippen molar-refractivity contribution in [3.8, 4) is 0 Å². The molecule has 0 radical (unpaired) electrons. The first-order valence-corrected chi connectivity index (χ1v) is 6.84. The Morgan fingerprint density at radius 1 is 1.41 bits per heavy atom. The normalized spacial score (nSPS) is 24.6. The molecule has 1 aromatic heterocycles. The summed E-state index contributed by atoms with van der Waals surface area (Å²) < 4.78 is 0. The Balaban J connectivity index is 2.10. The molecule has 1 aliphatic carbocycles. The molecule has 0 amide bonds. The van der Waals surface area contributed by atoms with E-state index in [1.807, 2.05) is 6.92 Å². The topological polar surface area (TPSA) is 37.8 Å². The second kappa shape index (κ2) is 5.67. The van der Waals surface area contributed by atoms with Gasteiger partial charge in [-0.3, -0.25) is 0 Å². The summed E-state index contributed by atoms with van der Waals surface area (Å²) in [6, 6.07) is 0.540. The SMILES string of the molecule is CCC1CCCCC1Nc1nc(Cl)ncc1C. The van der Waals surface area contributed by atoms with E-state index in [1.54, 1.807) is 6.20 Å². The number of nitrogens with zero attached hydrogens (tertiary/aromatic N) is 2. The Kier molecular flexibility index (Phi) is 4.21. The monoisotopic (exact) mass is 253 g/mol. The Labute approximate surface area is 108 Å². The van der Waals surface area contributed by atoms with Crippen LogP contribution in [0.2, 0.25) is 5.28 Å². The van der Waals surface area contributed by atoms with Crippen molar-refractivity contribution < 1.29 is 0 Å². The minimum absolute atomic E-state index is 0.321. The molecule has 1 aliphatic rings. The molecule has 1 saturated carbocycles. The zero-order chi connectivity index (χ0) is 12.3. The Morgan fingerprint density at radius 2 is 2.18 bits per heavy atom. The highest BCUT2D eigenvalue weighted by Crippen LogP contribution is 2.29. The van der Waals surface area contributed by atoms with Crippen LogP contribution in [0.4, 0.5) is 5.82 Å². The van der Waals surface area contributed by atoms with Crippen molar-refractivity contribution >= 4 is 17.4 Å². The maximum atomic E-state index is 5.84. The van der Waals surface area contributed by atoms with Gasteiger partial charge in [0, 0.05) is 17.8 Å². The lowest BCUT2D eigenvalue weighted by atomic mass is 9.83. The van der Waals surface area contributed by atoms with Gasteiger partial charge >= 0.3 is 0 Å². The summed E-state index contributed by atoms with van der Waals surface area (Å²) in [6.07, 6.45) is 8.24. The number of rotatable bonds is 3. The second-order valence-electron chi connectivity index (χ2n) is 4.87. The van der Waals surface area contributed by atoms with E-state index in [4.69, 9.17) is 11.6 Å². The summed E-state index contributed by atoms with van der Waals surface area (Å²) in [5, 5.41) is 3.88. The van der Waals surface area contributed by atoms with Crippen LogP contribution in [-0.2, 0) is 0 Å². The molecule has 2 atom stereocenters. The molecule has 3 nitrogen and oxygen atoms in total. The summed E-state index contributed by atoms with van der Waals surface area (Å²) in [5.41, 5.74) is 1.06. The molecule has 1 N–H and O–H groups in total. The Bertz CT molecular complexity index is 381. The quantitative estimate of drug-likeness (QED) is 0.833. The van der Waals surface area contributed by atoms with Crippen LogP contribution in [0.1, 0.15) is 44.6 Å². The van der Waals surface area contributed by atoms with Crippen molar-refractivity contribution in [1.29, 1.82) is 0 Å². The predicted octanol–water partition coefficient (Wildman–Crippen LogP) is 3.82. The molecule has 0 spiro atoms. The fourth-order valence-corrected chi connectivity index (χ4v) is 2.76. The van der Waals surface area contributed by atoms with Gasteiger partial charge in [0.2, 0.25) is 5.28 Å². The van der Waals surface area contributed by atoms with Gasteiger partial charge in [-0.05, 0) is 37.3 Å². The number of hydrogen-bond donors (Lipinski definition) is 1. The molecule has 1 fully saturated rings. The molecule has 1 aromatic rings. The zero-order valence-electron chi connectivity index (χ0n) is 10.5. The summed E-state index contributed by atoms with van der Waals surface area (Å²) in [6.45, 7) is 4.28. The van der Waals surface area contributed by atoms with Crippen LogP contribution in [0.3, 0.4) is 0 Å². The molecule has 0 aromatic carbocycles. The summed E-state index contributed by atoms with van der Waals surface area (Å²) >= 11 is 5.84. The van der Waals surface area contributed by atoms with Crippen molar-refractivity contribution in [2.45, 2.75) is 52.0 Å². The van der Waals surface area contributed by atoms with Gasteiger partial charge in [0.25, 0.3) is 0 Å². The van der Waals surface area contributed by atoms with Gasteiger partial charge in [-0.15, -0.1) is 0 Å². The van der Waals surface area contributed by atoms with Crippen molar-refractivity contribution in [1.82, 2.24) is 9.97 Å². The largest absolute Gasteiger partial charge is 0.367 e. The van der Waals surface area contributed by atoms with E-state index in [2.05, 4.69) is 22.2 Å². The van der Waals surface area contributed by atoms with Gasteiger partial charge in [0.1, 0.15) is 5.82 Å². The van der Waals surface area contributed by atoms with Crippen LogP contribution in [0.5, 0.6) is 0 Å². The fourth-order valence-electron chi connectivity index (χ4n) is 2.63. The molecule has 0 bridgehead atoms. The van der Waals surface area contributed by atoms with Crippen molar-refractivity contribution in [2.24, 2.45) is 5.92 Å². The van der Waals surface area contributed by atoms with E-state index in [-0.39, 0.29) is 0 Å². The van der Waals surface area contributed by atoms with Gasteiger partial charge in [-0.25, -0.2) is 9.97 Å². The second-order valence-corrected chi connectivity index (χ2v) is 5.21. The van der Waals surface area contributed by atoms with Crippen molar-refractivity contribution in [3.05, 3.63) is 17.0 Å². The number of nitrogens with one attached hydrogen (secondary N) is 1. The number of aromatic nitrogens is 2. The Morgan fingerprint density at radius 3 is 2.94 bits per heavy atom. The highest BCUT2D eigenvalue weighted by molar-refractivity contribution is 6.28. The predicted molar refractivity (Wildman–Crippen MR) is 71.4 cm³/mol. The summed E-state index contributed by atoms with van der Waals surface area (Å²) in [5.74, 6) is 1.66. The van der Waals surface area contributed by atoms with Gasteiger partial charge in [0.15, 0.2) is 0 Å². The number of aryl methyl sites for hydroxylation is 1. The van der Waals surface area contributed by atoms with Gasteiger partial charge in [-0.2, -0.15) is 0 Å². The standard InChI is InChI=1S/C13H20ClN3/c1-3-10-6-4-5-7-11(10)16-12-9(2)8-15-13(14)17-12/h8,10-11H,3-7H2,1-2H3,(H,15,16,17).